The van der Waals surface area contributed by atoms with E-state index in [1.54, 1.807) is 0 Å². The van der Waals surface area contributed by atoms with Crippen molar-refractivity contribution in [3.8, 4) is 0 Å². The molecule has 1 saturated carbocycles. The number of amides is 1. The number of nitrogens with one attached hydrogen (secondary N) is 2. The summed E-state index contributed by atoms with van der Waals surface area (Å²) in [5.41, 5.74) is 0. The normalized spacial score (nSPS) is 28.6. The van der Waals surface area contributed by atoms with E-state index in [-0.39, 0.29) is 25.3 Å². The van der Waals surface area contributed by atoms with Gasteiger partial charge in [-0.25, -0.2) is 0 Å². The van der Waals surface area contributed by atoms with Crippen molar-refractivity contribution in [3.63, 3.8) is 0 Å². The van der Waals surface area contributed by atoms with E-state index in [0.29, 0.717) is 12.5 Å². The lowest BCUT2D eigenvalue weighted by atomic mass is 9.94. The molecule has 1 saturated heterocycles. The summed E-state index contributed by atoms with van der Waals surface area (Å²) in [6.45, 7) is 0.495. The number of carbonyl (C=O) groups is 1. The summed E-state index contributed by atoms with van der Waals surface area (Å²) in [5, 5.41) is 5.57. The Bertz CT molecular complexity index is 319. The van der Waals surface area contributed by atoms with E-state index in [4.69, 9.17) is 0 Å². The maximum absolute atomic E-state index is 12.5. The third kappa shape index (κ3) is 4.36. The lowest BCUT2D eigenvalue weighted by Crippen LogP contribution is -2.51. The van der Waals surface area contributed by atoms with Gasteiger partial charge < -0.3 is 10.6 Å². The minimum Gasteiger partial charge on any atom is -0.355 e. The molecule has 3 nitrogen and oxygen atoms in total. The van der Waals surface area contributed by atoms with Crippen LogP contribution >= 0.6 is 0 Å². The van der Waals surface area contributed by atoms with Gasteiger partial charge in [0, 0.05) is 13.1 Å². The van der Waals surface area contributed by atoms with Crippen LogP contribution in [0.5, 0.6) is 0 Å². The Hall–Kier alpha value is -0.780. The van der Waals surface area contributed by atoms with Crippen molar-refractivity contribution >= 4 is 5.91 Å². The largest absolute Gasteiger partial charge is 0.393 e. The van der Waals surface area contributed by atoms with Crippen molar-refractivity contribution in [2.45, 2.75) is 57.2 Å². The summed E-state index contributed by atoms with van der Waals surface area (Å²) in [5.74, 6) is -0.752. The Kier molecular flexibility index (Phi) is 5.29. The highest BCUT2D eigenvalue weighted by molar-refractivity contribution is 5.81. The van der Waals surface area contributed by atoms with Crippen molar-refractivity contribution in [3.05, 3.63) is 0 Å². The van der Waals surface area contributed by atoms with Crippen LogP contribution in [0.25, 0.3) is 0 Å². The molecule has 0 radical (unpaired) electrons. The third-order valence-electron chi connectivity index (χ3n) is 4.52. The van der Waals surface area contributed by atoms with Crippen LogP contribution in [0.4, 0.5) is 13.2 Å². The molecule has 1 amide bonds. The molecule has 0 bridgehead atoms. The van der Waals surface area contributed by atoms with Crippen LogP contribution in [0.3, 0.4) is 0 Å². The van der Waals surface area contributed by atoms with Gasteiger partial charge in [0.05, 0.1) is 12.0 Å². The SMILES string of the molecule is O=C(NCCC1CCCC1)C1CCC(C(F)(F)F)CN1. The number of piperidine rings is 1. The number of hydrogen-bond donors (Lipinski definition) is 2. The summed E-state index contributed by atoms with van der Waals surface area (Å²) >= 11 is 0. The fourth-order valence-electron chi connectivity index (χ4n) is 3.18. The minimum atomic E-state index is -4.16. The van der Waals surface area contributed by atoms with E-state index in [1.165, 1.54) is 25.7 Å². The summed E-state index contributed by atoms with van der Waals surface area (Å²) in [6, 6.07) is -0.461. The molecule has 1 aliphatic carbocycles. The van der Waals surface area contributed by atoms with Crippen molar-refractivity contribution in [2.75, 3.05) is 13.1 Å². The number of rotatable bonds is 4. The van der Waals surface area contributed by atoms with Gasteiger partial charge in [-0.15, -0.1) is 0 Å². The van der Waals surface area contributed by atoms with E-state index >= 15 is 0 Å². The topological polar surface area (TPSA) is 41.1 Å². The smallest absolute Gasteiger partial charge is 0.355 e. The predicted octanol–water partition coefficient (Wildman–Crippen LogP) is 2.61. The van der Waals surface area contributed by atoms with E-state index < -0.39 is 18.1 Å². The lowest BCUT2D eigenvalue weighted by Gasteiger charge is -2.30. The Morgan fingerprint density at radius 3 is 2.40 bits per heavy atom. The maximum Gasteiger partial charge on any atom is 0.393 e. The molecule has 116 valence electrons. The van der Waals surface area contributed by atoms with E-state index in [1.807, 2.05) is 0 Å². The van der Waals surface area contributed by atoms with Crippen LogP contribution in [-0.2, 0) is 4.79 Å². The Balaban J connectivity index is 1.64. The highest BCUT2D eigenvalue weighted by Gasteiger charge is 2.42. The zero-order valence-electron chi connectivity index (χ0n) is 11.6. The van der Waals surface area contributed by atoms with Crippen LogP contribution in [-0.4, -0.2) is 31.2 Å². The van der Waals surface area contributed by atoms with Crippen LogP contribution in [0.2, 0.25) is 0 Å². The first-order valence-corrected chi connectivity index (χ1v) is 7.54. The second-order valence-corrected chi connectivity index (χ2v) is 6.01. The minimum absolute atomic E-state index is 0.0389. The Morgan fingerprint density at radius 1 is 1.15 bits per heavy atom. The zero-order chi connectivity index (χ0) is 14.6. The molecule has 2 unspecified atom stereocenters. The zero-order valence-corrected chi connectivity index (χ0v) is 11.6. The molecule has 2 N–H and O–H groups in total. The summed E-state index contributed by atoms with van der Waals surface area (Å²) in [6.07, 6.45) is 2.18. The molecule has 0 aromatic heterocycles. The monoisotopic (exact) mass is 292 g/mol. The molecule has 1 aliphatic heterocycles. The number of halogens is 3. The highest BCUT2D eigenvalue weighted by atomic mass is 19.4. The fraction of sp³-hybridized carbons (Fsp3) is 0.929. The molecule has 2 atom stereocenters. The second kappa shape index (κ2) is 6.78. The predicted molar refractivity (Wildman–Crippen MR) is 70.2 cm³/mol. The molecule has 0 aromatic rings. The van der Waals surface area contributed by atoms with Crippen LogP contribution in [0.1, 0.15) is 44.9 Å². The van der Waals surface area contributed by atoms with E-state index in [2.05, 4.69) is 10.6 Å². The first-order chi connectivity index (χ1) is 9.47. The fourth-order valence-corrected chi connectivity index (χ4v) is 3.18. The molecule has 0 spiro atoms. The molecule has 20 heavy (non-hydrogen) atoms. The standard InChI is InChI=1S/C14H23F3N2O/c15-14(16,17)11-5-6-12(19-9-11)13(20)18-8-7-10-3-1-2-4-10/h10-12,19H,1-9H2,(H,18,20). The quantitative estimate of drug-likeness (QED) is 0.836. The van der Waals surface area contributed by atoms with Gasteiger partial charge in [-0.1, -0.05) is 25.7 Å². The van der Waals surface area contributed by atoms with E-state index in [9.17, 15) is 18.0 Å². The molecule has 0 aromatic carbocycles. The summed E-state index contributed by atoms with van der Waals surface area (Å²) in [4.78, 5) is 11.9. The molecule has 1 heterocycles. The van der Waals surface area contributed by atoms with Crippen molar-refractivity contribution in [1.29, 1.82) is 0 Å². The Labute approximate surface area is 117 Å². The van der Waals surface area contributed by atoms with Gasteiger partial charge in [-0.2, -0.15) is 13.2 Å². The molecular weight excluding hydrogens is 269 g/mol. The molecule has 2 fully saturated rings. The van der Waals surface area contributed by atoms with Crippen molar-refractivity contribution in [1.82, 2.24) is 10.6 Å². The second-order valence-electron chi connectivity index (χ2n) is 6.01. The van der Waals surface area contributed by atoms with Gasteiger partial charge in [0.15, 0.2) is 0 Å². The first kappa shape index (κ1) is 15.6. The van der Waals surface area contributed by atoms with Crippen molar-refractivity contribution < 1.29 is 18.0 Å². The van der Waals surface area contributed by atoms with Crippen LogP contribution in [0.15, 0.2) is 0 Å². The van der Waals surface area contributed by atoms with Gasteiger partial charge in [0.1, 0.15) is 0 Å². The first-order valence-electron chi connectivity index (χ1n) is 7.54. The summed E-state index contributed by atoms with van der Waals surface area (Å²) in [7, 11) is 0. The van der Waals surface area contributed by atoms with Gasteiger partial charge >= 0.3 is 6.18 Å². The van der Waals surface area contributed by atoms with Crippen LogP contribution < -0.4 is 10.6 Å². The maximum atomic E-state index is 12.5. The highest BCUT2D eigenvalue weighted by Crippen LogP contribution is 2.32. The molecule has 2 aliphatic rings. The Morgan fingerprint density at radius 2 is 1.85 bits per heavy atom. The van der Waals surface area contributed by atoms with Crippen LogP contribution in [0, 0.1) is 11.8 Å². The van der Waals surface area contributed by atoms with Gasteiger partial charge in [0.2, 0.25) is 5.91 Å². The third-order valence-corrected chi connectivity index (χ3v) is 4.52. The average molecular weight is 292 g/mol. The van der Waals surface area contributed by atoms with Gasteiger partial charge in [-0.3, -0.25) is 4.79 Å². The molecular formula is C14H23F3N2O. The lowest BCUT2D eigenvalue weighted by molar-refractivity contribution is -0.180. The van der Waals surface area contributed by atoms with Crippen molar-refractivity contribution in [2.24, 2.45) is 11.8 Å². The average Bonchev–Trinajstić information content (AvgIpc) is 2.91. The summed E-state index contributed by atoms with van der Waals surface area (Å²) < 4.78 is 37.5. The molecule has 2 rings (SSSR count). The number of alkyl halides is 3. The van der Waals surface area contributed by atoms with E-state index in [0.717, 1.165) is 6.42 Å². The number of hydrogen-bond acceptors (Lipinski definition) is 2. The molecule has 6 heteroatoms. The van der Waals surface area contributed by atoms with Gasteiger partial charge in [0.25, 0.3) is 0 Å². The number of carbonyl (C=O) groups excluding carboxylic acids is 1. The van der Waals surface area contributed by atoms with Gasteiger partial charge in [-0.05, 0) is 25.2 Å².